The van der Waals surface area contributed by atoms with Gasteiger partial charge in [-0.2, -0.15) is 5.10 Å². The molecule has 0 bridgehead atoms. The zero-order chi connectivity index (χ0) is 8.27. The van der Waals surface area contributed by atoms with Crippen LogP contribution in [0.25, 0.3) is 0 Å². The van der Waals surface area contributed by atoms with Gasteiger partial charge in [-0.1, -0.05) is 23.1 Å². The number of aromatic nitrogens is 2. The van der Waals surface area contributed by atoms with Crippen LogP contribution < -0.4 is 0 Å². The number of nitrogens with zero attached hydrogens (tertiary/aromatic N) is 1. The monoisotopic (exact) mass is 208 g/mol. The first-order valence-corrected chi connectivity index (χ1v) is 4.79. The maximum atomic E-state index is 10.1. The molecule has 4 nitrogen and oxygen atoms in total. The second-order valence-electron chi connectivity index (χ2n) is 1.56. The standard InChI is InChI=1S/C4H4N2O2S3/c7-2(8)1-10-4-6-5-3(9)11-4/h1H2,(H,5,9)(H,7,8). The van der Waals surface area contributed by atoms with Crippen molar-refractivity contribution in [3.05, 3.63) is 3.95 Å². The molecule has 0 amide bonds. The summed E-state index contributed by atoms with van der Waals surface area (Å²) in [5, 5.41) is 14.6. The molecule has 0 aliphatic carbocycles. The van der Waals surface area contributed by atoms with Gasteiger partial charge in [0.25, 0.3) is 0 Å². The van der Waals surface area contributed by atoms with Gasteiger partial charge in [0.15, 0.2) is 8.29 Å². The fourth-order valence-corrected chi connectivity index (χ4v) is 2.20. The van der Waals surface area contributed by atoms with Crippen LogP contribution in [0.3, 0.4) is 0 Å². The van der Waals surface area contributed by atoms with Crippen LogP contribution in [-0.4, -0.2) is 27.0 Å². The van der Waals surface area contributed by atoms with Crippen molar-refractivity contribution in [1.82, 2.24) is 10.2 Å². The van der Waals surface area contributed by atoms with E-state index in [1.165, 1.54) is 11.3 Å². The lowest BCUT2D eigenvalue weighted by molar-refractivity contribution is -0.133. The summed E-state index contributed by atoms with van der Waals surface area (Å²) in [5.74, 6) is -0.827. The van der Waals surface area contributed by atoms with Crippen LogP contribution in [0.2, 0.25) is 0 Å². The maximum Gasteiger partial charge on any atom is 0.313 e. The molecule has 1 heterocycles. The zero-order valence-corrected chi connectivity index (χ0v) is 7.68. The van der Waals surface area contributed by atoms with Gasteiger partial charge in [0.2, 0.25) is 0 Å². The molecular formula is C4H4N2O2S3. The molecule has 1 aromatic rings. The van der Waals surface area contributed by atoms with Crippen molar-refractivity contribution < 1.29 is 9.90 Å². The second-order valence-corrected chi connectivity index (χ2v) is 4.45. The Morgan fingerprint density at radius 1 is 1.91 bits per heavy atom. The first-order chi connectivity index (χ1) is 5.18. The van der Waals surface area contributed by atoms with Crippen LogP contribution in [0.1, 0.15) is 0 Å². The third-order valence-corrected chi connectivity index (χ3v) is 2.95. The van der Waals surface area contributed by atoms with Gasteiger partial charge < -0.3 is 5.11 Å². The van der Waals surface area contributed by atoms with Gasteiger partial charge in [-0.15, -0.1) is 0 Å². The van der Waals surface area contributed by atoms with E-state index in [1.54, 1.807) is 0 Å². The molecule has 0 aromatic carbocycles. The predicted molar refractivity (Wildman–Crippen MR) is 45.7 cm³/mol. The van der Waals surface area contributed by atoms with Crippen molar-refractivity contribution in [2.24, 2.45) is 0 Å². The normalized spacial score (nSPS) is 9.82. The average molecular weight is 208 g/mol. The highest BCUT2D eigenvalue weighted by atomic mass is 32.2. The van der Waals surface area contributed by atoms with Gasteiger partial charge >= 0.3 is 5.97 Å². The summed E-state index contributed by atoms with van der Waals surface area (Å²) >= 11 is 7.19. The first kappa shape index (κ1) is 8.69. The Labute approximate surface area is 75.6 Å². The van der Waals surface area contributed by atoms with E-state index in [-0.39, 0.29) is 5.75 Å². The van der Waals surface area contributed by atoms with E-state index in [4.69, 9.17) is 17.3 Å². The van der Waals surface area contributed by atoms with Gasteiger partial charge in [-0.05, 0) is 12.2 Å². The molecule has 0 unspecified atom stereocenters. The Morgan fingerprint density at radius 3 is 3.09 bits per heavy atom. The van der Waals surface area contributed by atoms with Gasteiger partial charge in [0, 0.05) is 0 Å². The topological polar surface area (TPSA) is 66.0 Å². The third-order valence-electron chi connectivity index (χ3n) is 0.738. The molecule has 1 rings (SSSR count). The van der Waals surface area contributed by atoms with E-state index in [1.807, 2.05) is 0 Å². The molecule has 0 fully saturated rings. The fraction of sp³-hybridized carbons (Fsp3) is 0.250. The number of rotatable bonds is 3. The van der Waals surface area contributed by atoms with E-state index in [0.717, 1.165) is 11.8 Å². The van der Waals surface area contributed by atoms with E-state index in [9.17, 15) is 4.79 Å². The molecule has 0 aliphatic heterocycles. The predicted octanol–water partition coefficient (Wildman–Crippen LogP) is 1.38. The number of aliphatic carboxylic acids is 1. The van der Waals surface area contributed by atoms with Gasteiger partial charge in [0.05, 0.1) is 5.75 Å². The van der Waals surface area contributed by atoms with Crippen LogP contribution in [0.4, 0.5) is 0 Å². The highest BCUT2D eigenvalue weighted by Gasteiger charge is 2.01. The minimum absolute atomic E-state index is 0.0239. The largest absolute Gasteiger partial charge is 0.481 e. The van der Waals surface area contributed by atoms with Crippen molar-refractivity contribution in [3.8, 4) is 0 Å². The van der Waals surface area contributed by atoms with E-state index >= 15 is 0 Å². The number of nitrogens with one attached hydrogen (secondary N) is 1. The minimum atomic E-state index is -0.851. The molecule has 0 saturated heterocycles. The van der Waals surface area contributed by atoms with Crippen molar-refractivity contribution in [2.75, 3.05) is 5.75 Å². The first-order valence-electron chi connectivity index (χ1n) is 2.58. The number of H-pyrrole nitrogens is 1. The summed E-state index contributed by atoms with van der Waals surface area (Å²) in [6.45, 7) is 0. The molecule has 0 aliphatic rings. The Balaban J connectivity index is 2.51. The molecule has 60 valence electrons. The number of hydrogen-bond acceptors (Lipinski definition) is 5. The summed E-state index contributed by atoms with van der Waals surface area (Å²) < 4.78 is 1.23. The van der Waals surface area contributed by atoms with Crippen LogP contribution in [0, 0.1) is 3.95 Å². The summed E-state index contributed by atoms with van der Waals surface area (Å²) in [7, 11) is 0. The summed E-state index contributed by atoms with van der Waals surface area (Å²) in [6, 6.07) is 0. The number of carboxylic acids is 1. The molecule has 0 atom stereocenters. The number of thioether (sulfide) groups is 1. The summed E-state index contributed by atoms with van der Waals surface area (Å²) in [6.07, 6.45) is 0. The van der Waals surface area contributed by atoms with Crippen LogP contribution in [0.5, 0.6) is 0 Å². The highest BCUT2D eigenvalue weighted by Crippen LogP contribution is 2.19. The molecule has 1 aromatic heterocycles. The average Bonchev–Trinajstić information content (AvgIpc) is 2.31. The van der Waals surface area contributed by atoms with Gasteiger partial charge in [0.1, 0.15) is 0 Å². The number of carboxylic acid groups (broad SMARTS) is 1. The summed E-state index contributed by atoms with van der Waals surface area (Å²) in [5.41, 5.74) is 0. The Kier molecular flexibility index (Phi) is 3.03. The molecule has 2 N–H and O–H groups in total. The van der Waals surface area contributed by atoms with Crippen molar-refractivity contribution >= 4 is 41.3 Å². The van der Waals surface area contributed by atoms with Crippen LogP contribution in [0.15, 0.2) is 4.34 Å². The molecule has 11 heavy (non-hydrogen) atoms. The lowest BCUT2D eigenvalue weighted by Gasteiger charge is -1.87. The fourth-order valence-electron chi connectivity index (χ4n) is 0.401. The number of carbonyl (C=O) groups is 1. The smallest absolute Gasteiger partial charge is 0.313 e. The Hall–Kier alpha value is -0.400. The minimum Gasteiger partial charge on any atom is -0.481 e. The van der Waals surface area contributed by atoms with Crippen LogP contribution in [-0.2, 0) is 4.79 Å². The quantitative estimate of drug-likeness (QED) is 0.580. The Bertz CT molecular complexity index is 304. The van der Waals surface area contributed by atoms with Gasteiger partial charge in [-0.25, -0.2) is 0 Å². The lowest BCUT2D eigenvalue weighted by Crippen LogP contribution is -1.96. The third kappa shape index (κ3) is 3.00. The van der Waals surface area contributed by atoms with Crippen molar-refractivity contribution in [2.45, 2.75) is 4.34 Å². The highest BCUT2D eigenvalue weighted by molar-refractivity contribution is 8.01. The number of hydrogen-bond donors (Lipinski definition) is 2. The molecule has 0 radical (unpaired) electrons. The van der Waals surface area contributed by atoms with E-state index in [2.05, 4.69) is 10.2 Å². The van der Waals surface area contributed by atoms with Gasteiger partial charge in [-0.3, -0.25) is 9.89 Å². The molecule has 0 saturated carbocycles. The number of aromatic amines is 1. The van der Waals surface area contributed by atoms with E-state index in [0.29, 0.717) is 8.29 Å². The SMILES string of the molecule is O=C(O)CSc1n[nH]c(=S)s1. The maximum absolute atomic E-state index is 10.1. The van der Waals surface area contributed by atoms with E-state index < -0.39 is 5.97 Å². The van der Waals surface area contributed by atoms with Crippen molar-refractivity contribution in [1.29, 1.82) is 0 Å². The second kappa shape index (κ2) is 3.84. The Morgan fingerprint density at radius 2 is 2.64 bits per heavy atom. The van der Waals surface area contributed by atoms with Crippen molar-refractivity contribution in [3.63, 3.8) is 0 Å². The molecule has 7 heteroatoms. The molecular weight excluding hydrogens is 204 g/mol. The zero-order valence-electron chi connectivity index (χ0n) is 5.23. The van der Waals surface area contributed by atoms with Crippen LogP contribution >= 0.6 is 35.3 Å². The lowest BCUT2D eigenvalue weighted by atomic mass is 10.8. The summed E-state index contributed by atoms with van der Waals surface area (Å²) in [4.78, 5) is 10.1. The molecule has 0 spiro atoms.